The van der Waals surface area contributed by atoms with Crippen LogP contribution in [0.2, 0.25) is 0 Å². The molecule has 9 heavy (non-hydrogen) atoms. The Kier molecular flexibility index (Phi) is 3.10. The van der Waals surface area contributed by atoms with Crippen molar-refractivity contribution in [2.45, 2.75) is 18.3 Å². The van der Waals surface area contributed by atoms with E-state index in [1.807, 2.05) is 0 Å². The Labute approximate surface area is 65.9 Å². The van der Waals surface area contributed by atoms with Crippen LogP contribution in [0.3, 0.4) is 0 Å². The molecule has 1 nitrogen and oxygen atoms in total. The first kappa shape index (κ1) is 7.64. The van der Waals surface area contributed by atoms with Gasteiger partial charge in [0.1, 0.15) is 0 Å². The van der Waals surface area contributed by atoms with Crippen LogP contribution >= 0.6 is 23.2 Å². The Bertz CT molecular complexity index is 87.1. The number of likely N-dealkylation sites (tertiary alicyclic amines) is 1. The third-order valence-electron chi connectivity index (χ3n) is 1.66. The molecule has 1 rings (SSSR count). The number of halogens is 2. The van der Waals surface area contributed by atoms with Gasteiger partial charge in [0.15, 0.2) is 0 Å². The second-order valence-corrected chi connectivity index (χ2v) is 3.18. The molecule has 0 aromatic heterocycles. The minimum atomic E-state index is 0.253. The molecule has 0 spiro atoms. The van der Waals surface area contributed by atoms with Crippen LogP contribution in [-0.4, -0.2) is 29.4 Å². The summed E-state index contributed by atoms with van der Waals surface area (Å²) in [5.74, 6) is 0.698. The van der Waals surface area contributed by atoms with E-state index in [-0.39, 0.29) is 5.50 Å². The first-order valence-electron chi connectivity index (χ1n) is 3.28. The van der Waals surface area contributed by atoms with E-state index in [4.69, 9.17) is 23.2 Å². The Morgan fingerprint density at radius 1 is 1.56 bits per heavy atom. The molecule has 0 aromatic carbocycles. The van der Waals surface area contributed by atoms with Crippen molar-refractivity contribution in [3.63, 3.8) is 0 Å². The van der Waals surface area contributed by atoms with Gasteiger partial charge in [0.25, 0.3) is 0 Å². The minimum absolute atomic E-state index is 0.253. The summed E-state index contributed by atoms with van der Waals surface area (Å²) in [4.78, 5) is 2.22. The normalized spacial score (nSPS) is 29.3. The predicted molar refractivity (Wildman–Crippen MR) is 41.2 cm³/mol. The van der Waals surface area contributed by atoms with Crippen molar-refractivity contribution in [2.24, 2.45) is 0 Å². The summed E-state index contributed by atoms with van der Waals surface area (Å²) >= 11 is 11.5. The smallest absolute Gasteiger partial charge is 0.0851 e. The highest BCUT2D eigenvalue weighted by Crippen LogP contribution is 2.19. The third-order valence-corrected chi connectivity index (χ3v) is 2.32. The first-order valence-corrected chi connectivity index (χ1v) is 4.26. The molecule has 0 saturated carbocycles. The maximum Gasteiger partial charge on any atom is 0.0851 e. The molecule has 1 unspecified atom stereocenters. The second kappa shape index (κ2) is 3.65. The average Bonchev–Trinajstić information content (AvgIpc) is 2.18. The minimum Gasteiger partial charge on any atom is -0.286 e. The Balaban J connectivity index is 2.22. The molecule has 54 valence electrons. The molecule has 0 amide bonds. The molecule has 1 fully saturated rings. The van der Waals surface area contributed by atoms with Crippen LogP contribution in [0.1, 0.15) is 12.8 Å². The zero-order chi connectivity index (χ0) is 6.69. The molecule has 1 saturated heterocycles. The van der Waals surface area contributed by atoms with E-state index in [0.29, 0.717) is 5.88 Å². The Morgan fingerprint density at radius 2 is 2.33 bits per heavy atom. The monoisotopic (exact) mass is 167 g/mol. The van der Waals surface area contributed by atoms with Crippen LogP contribution < -0.4 is 0 Å². The van der Waals surface area contributed by atoms with Crippen molar-refractivity contribution in [1.82, 2.24) is 4.90 Å². The summed E-state index contributed by atoms with van der Waals surface area (Å²) in [5, 5.41) is 0. The lowest BCUT2D eigenvalue weighted by Gasteiger charge is -2.16. The van der Waals surface area contributed by atoms with Crippen LogP contribution in [0.15, 0.2) is 0 Å². The van der Waals surface area contributed by atoms with E-state index in [0.717, 1.165) is 19.5 Å². The van der Waals surface area contributed by atoms with E-state index in [2.05, 4.69) is 4.90 Å². The largest absolute Gasteiger partial charge is 0.286 e. The molecule has 1 aliphatic rings. The zero-order valence-electron chi connectivity index (χ0n) is 5.32. The predicted octanol–water partition coefficient (Wildman–Crippen LogP) is 1.89. The summed E-state index contributed by atoms with van der Waals surface area (Å²) in [5.41, 5.74) is 0.253. The standard InChI is InChI=1S/C6H11Cl2N/c7-3-5-9-4-1-2-6(9)8/h6H,1-5H2. The van der Waals surface area contributed by atoms with E-state index in [1.54, 1.807) is 0 Å². The fourth-order valence-corrected chi connectivity index (χ4v) is 1.71. The van der Waals surface area contributed by atoms with Crippen LogP contribution in [0, 0.1) is 0 Å². The molecule has 1 aliphatic heterocycles. The van der Waals surface area contributed by atoms with Gasteiger partial charge in [-0.2, -0.15) is 0 Å². The number of rotatable bonds is 2. The molecule has 0 aromatic rings. The van der Waals surface area contributed by atoms with E-state index < -0.39 is 0 Å². The van der Waals surface area contributed by atoms with Crippen LogP contribution in [0.25, 0.3) is 0 Å². The Morgan fingerprint density at radius 3 is 2.78 bits per heavy atom. The van der Waals surface area contributed by atoms with Crippen molar-refractivity contribution in [3.05, 3.63) is 0 Å². The maximum atomic E-state index is 5.92. The highest BCUT2D eigenvalue weighted by atomic mass is 35.5. The van der Waals surface area contributed by atoms with E-state index in [1.165, 1.54) is 6.42 Å². The highest BCUT2D eigenvalue weighted by molar-refractivity contribution is 6.20. The molecule has 3 heteroatoms. The van der Waals surface area contributed by atoms with Crippen molar-refractivity contribution < 1.29 is 0 Å². The highest BCUT2D eigenvalue weighted by Gasteiger charge is 2.20. The molecule has 0 N–H and O–H groups in total. The lowest BCUT2D eigenvalue weighted by molar-refractivity contribution is 0.332. The molecule has 0 radical (unpaired) electrons. The summed E-state index contributed by atoms with van der Waals surface area (Å²) in [6, 6.07) is 0. The third kappa shape index (κ3) is 1.99. The fraction of sp³-hybridized carbons (Fsp3) is 1.00. The van der Waals surface area contributed by atoms with Crippen molar-refractivity contribution in [3.8, 4) is 0 Å². The SMILES string of the molecule is ClCCN1CCCC1Cl. The van der Waals surface area contributed by atoms with E-state index >= 15 is 0 Å². The van der Waals surface area contributed by atoms with Gasteiger partial charge in [-0.05, 0) is 19.4 Å². The summed E-state index contributed by atoms with van der Waals surface area (Å²) in [7, 11) is 0. The molecule has 1 atom stereocenters. The van der Waals surface area contributed by atoms with Gasteiger partial charge < -0.3 is 0 Å². The van der Waals surface area contributed by atoms with Gasteiger partial charge in [0.2, 0.25) is 0 Å². The maximum absolute atomic E-state index is 5.92. The van der Waals surface area contributed by atoms with Gasteiger partial charge in [0, 0.05) is 12.4 Å². The molecule has 0 bridgehead atoms. The number of nitrogens with zero attached hydrogens (tertiary/aromatic N) is 1. The first-order chi connectivity index (χ1) is 4.34. The van der Waals surface area contributed by atoms with Crippen LogP contribution in [0.4, 0.5) is 0 Å². The topological polar surface area (TPSA) is 3.24 Å². The Hall–Kier alpha value is 0.540. The van der Waals surface area contributed by atoms with Gasteiger partial charge in [-0.1, -0.05) is 0 Å². The number of alkyl halides is 2. The van der Waals surface area contributed by atoms with Crippen molar-refractivity contribution in [2.75, 3.05) is 19.0 Å². The number of hydrogen-bond acceptors (Lipinski definition) is 1. The van der Waals surface area contributed by atoms with Crippen molar-refractivity contribution in [1.29, 1.82) is 0 Å². The summed E-state index contributed by atoms with van der Waals surface area (Å²) in [6.45, 7) is 2.07. The molecule has 0 aliphatic carbocycles. The molecular weight excluding hydrogens is 157 g/mol. The van der Waals surface area contributed by atoms with Crippen LogP contribution in [0.5, 0.6) is 0 Å². The van der Waals surface area contributed by atoms with Gasteiger partial charge in [0.05, 0.1) is 5.50 Å². The lowest BCUT2D eigenvalue weighted by Crippen LogP contribution is -2.26. The zero-order valence-corrected chi connectivity index (χ0v) is 6.83. The summed E-state index contributed by atoms with van der Waals surface area (Å²) < 4.78 is 0. The second-order valence-electron chi connectivity index (χ2n) is 2.30. The molecular formula is C6H11Cl2N. The van der Waals surface area contributed by atoms with Crippen LogP contribution in [-0.2, 0) is 0 Å². The summed E-state index contributed by atoms with van der Waals surface area (Å²) in [6.07, 6.45) is 2.35. The average molecular weight is 168 g/mol. The van der Waals surface area contributed by atoms with Gasteiger partial charge in [-0.15, -0.1) is 23.2 Å². The molecule has 1 heterocycles. The van der Waals surface area contributed by atoms with E-state index in [9.17, 15) is 0 Å². The quantitative estimate of drug-likeness (QED) is 0.449. The lowest BCUT2D eigenvalue weighted by atomic mass is 10.4. The van der Waals surface area contributed by atoms with Gasteiger partial charge in [-0.3, -0.25) is 4.90 Å². The van der Waals surface area contributed by atoms with Crippen molar-refractivity contribution >= 4 is 23.2 Å². The van der Waals surface area contributed by atoms with Gasteiger partial charge in [-0.25, -0.2) is 0 Å². The fourth-order valence-electron chi connectivity index (χ4n) is 1.15. The number of hydrogen-bond donors (Lipinski definition) is 0. The van der Waals surface area contributed by atoms with Gasteiger partial charge >= 0.3 is 0 Å².